The summed E-state index contributed by atoms with van der Waals surface area (Å²) in [7, 11) is 0. The first-order valence-corrected chi connectivity index (χ1v) is 6.28. The summed E-state index contributed by atoms with van der Waals surface area (Å²) in [6, 6.07) is 14.3. The van der Waals surface area contributed by atoms with Crippen molar-refractivity contribution in [2.24, 2.45) is 0 Å². The summed E-state index contributed by atoms with van der Waals surface area (Å²) in [4.78, 5) is 0. The van der Waals surface area contributed by atoms with E-state index in [0.717, 1.165) is 16.7 Å². The normalized spacial score (nSPS) is 14.3. The average molecular weight is 240 g/mol. The van der Waals surface area contributed by atoms with Crippen molar-refractivity contribution < 1.29 is 5.11 Å². The highest BCUT2D eigenvalue weighted by atomic mass is 16.3. The van der Waals surface area contributed by atoms with Crippen LogP contribution in [0, 0.1) is 20.8 Å². The van der Waals surface area contributed by atoms with Crippen molar-refractivity contribution in [3.8, 4) is 0 Å². The Morgan fingerprint density at radius 1 is 0.833 bits per heavy atom. The number of rotatable bonds is 2. The van der Waals surface area contributed by atoms with Crippen LogP contribution in [0.25, 0.3) is 0 Å². The van der Waals surface area contributed by atoms with Crippen molar-refractivity contribution in [1.29, 1.82) is 0 Å². The standard InChI is InChI=1S/C17H20O/c1-12-6-9-15(10-7-12)17(4,18)16-11-13(2)5-8-14(16)3/h5-11,18H,1-4H3. The third-order valence-corrected chi connectivity index (χ3v) is 3.53. The van der Waals surface area contributed by atoms with E-state index < -0.39 is 5.60 Å². The highest BCUT2D eigenvalue weighted by Gasteiger charge is 2.27. The van der Waals surface area contributed by atoms with E-state index >= 15 is 0 Å². The molecule has 0 radical (unpaired) electrons. The maximum absolute atomic E-state index is 10.9. The second-order valence-electron chi connectivity index (χ2n) is 5.26. The molecule has 0 saturated heterocycles. The summed E-state index contributed by atoms with van der Waals surface area (Å²) >= 11 is 0. The lowest BCUT2D eigenvalue weighted by molar-refractivity contribution is 0.101. The number of hydrogen-bond acceptors (Lipinski definition) is 1. The fraction of sp³-hybridized carbons (Fsp3) is 0.294. The molecule has 2 aromatic rings. The predicted molar refractivity (Wildman–Crippen MR) is 75.8 cm³/mol. The van der Waals surface area contributed by atoms with Crippen LogP contribution in [-0.2, 0) is 5.60 Å². The average Bonchev–Trinajstić information content (AvgIpc) is 2.32. The van der Waals surface area contributed by atoms with Gasteiger partial charge in [0.25, 0.3) is 0 Å². The molecule has 0 aliphatic heterocycles. The van der Waals surface area contributed by atoms with E-state index in [9.17, 15) is 5.11 Å². The van der Waals surface area contributed by atoms with Gasteiger partial charge < -0.3 is 5.11 Å². The lowest BCUT2D eigenvalue weighted by Gasteiger charge is -2.27. The zero-order valence-corrected chi connectivity index (χ0v) is 11.5. The second kappa shape index (κ2) is 4.58. The highest BCUT2D eigenvalue weighted by molar-refractivity contribution is 5.42. The minimum Gasteiger partial charge on any atom is -0.381 e. The van der Waals surface area contributed by atoms with Gasteiger partial charge in [-0.2, -0.15) is 0 Å². The Hall–Kier alpha value is -1.60. The summed E-state index contributed by atoms with van der Waals surface area (Å²) in [5.41, 5.74) is 4.46. The van der Waals surface area contributed by atoms with E-state index in [4.69, 9.17) is 0 Å². The summed E-state index contributed by atoms with van der Waals surface area (Å²) in [6.45, 7) is 8.00. The summed E-state index contributed by atoms with van der Waals surface area (Å²) < 4.78 is 0. The van der Waals surface area contributed by atoms with Gasteiger partial charge >= 0.3 is 0 Å². The molecule has 18 heavy (non-hydrogen) atoms. The number of aryl methyl sites for hydroxylation is 3. The maximum atomic E-state index is 10.9. The maximum Gasteiger partial charge on any atom is 0.112 e. The van der Waals surface area contributed by atoms with Crippen LogP contribution in [0.5, 0.6) is 0 Å². The fourth-order valence-electron chi connectivity index (χ4n) is 2.29. The van der Waals surface area contributed by atoms with Crippen molar-refractivity contribution >= 4 is 0 Å². The summed E-state index contributed by atoms with van der Waals surface area (Å²) in [6.07, 6.45) is 0. The van der Waals surface area contributed by atoms with Gasteiger partial charge in [0.05, 0.1) is 0 Å². The molecular weight excluding hydrogens is 220 g/mol. The van der Waals surface area contributed by atoms with Crippen molar-refractivity contribution in [3.63, 3.8) is 0 Å². The van der Waals surface area contributed by atoms with Crippen LogP contribution in [0.1, 0.15) is 34.7 Å². The molecule has 0 aromatic heterocycles. The Labute approximate surface area is 109 Å². The monoisotopic (exact) mass is 240 g/mol. The molecule has 0 saturated carbocycles. The molecule has 1 unspecified atom stereocenters. The Morgan fingerprint density at radius 3 is 2.00 bits per heavy atom. The third-order valence-electron chi connectivity index (χ3n) is 3.53. The third kappa shape index (κ3) is 2.32. The van der Waals surface area contributed by atoms with Crippen LogP contribution in [0.4, 0.5) is 0 Å². The molecule has 0 heterocycles. The molecular formula is C17H20O. The molecule has 1 N–H and O–H groups in total. The zero-order valence-electron chi connectivity index (χ0n) is 11.5. The molecule has 0 bridgehead atoms. The second-order valence-corrected chi connectivity index (χ2v) is 5.26. The summed E-state index contributed by atoms with van der Waals surface area (Å²) in [5.74, 6) is 0. The minimum atomic E-state index is -0.941. The van der Waals surface area contributed by atoms with Crippen LogP contribution in [0.3, 0.4) is 0 Å². The molecule has 0 amide bonds. The summed E-state index contributed by atoms with van der Waals surface area (Å²) in [5, 5.41) is 10.9. The van der Waals surface area contributed by atoms with Gasteiger partial charge in [0.1, 0.15) is 5.60 Å². The van der Waals surface area contributed by atoms with Gasteiger partial charge in [0.15, 0.2) is 0 Å². The molecule has 2 aromatic carbocycles. The first kappa shape index (κ1) is 12.8. The Balaban J connectivity index is 2.53. The first-order valence-electron chi connectivity index (χ1n) is 6.28. The Bertz CT molecular complexity index is 550. The largest absolute Gasteiger partial charge is 0.381 e. The Morgan fingerprint density at radius 2 is 1.39 bits per heavy atom. The van der Waals surface area contributed by atoms with Gasteiger partial charge in [-0.05, 0) is 44.4 Å². The molecule has 1 heteroatoms. The van der Waals surface area contributed by atoms with Crippen LogP contribution >= 0.6 is 0 Å². The van der Waals surface area contributed by atoms with Gasteiger partial charge in [-0.25, -0.2) is 0 Å². The first-order chi connectivity index (χ1) is 8.41. The predicted octanol–water partition coefficient (Wildman–Crippen LogP) is 3.87. The van der Waals surface area contributed by atoms with Crippen LogP contribution in [0.15, 0.2) is 42.5 Å². The van der Waals surface area contributed by atoms with Crippen molar-refractivity contribution in [1.82, 2.24) is 0 Å². The van der Waals surface area contributed by atoms with Crippen LogP contribution in [0.2, 0.25) is 0 Å². The molecule has 0 aliphatic rings. The lowest BCUT2D eigenvalue weighted by atomic mass is 9.84. The topological polar surface area (TPSA) is 20.2 Å². The van der Waals surface area contributed by atoms with E-state index in [1.165, 1.54) is 11.1 Å². The highest BCUT2D eigenvalue weighted by Crippen LogP contribution is 2.31. The van der Waals surface area contributed by atoms with Gasteiger partial charge in [-0.15, -0.1) is 0 Å². The smallest absolute Gasteiger partial charge is 0.112 e. The van der Waals surface area contributed by atoms with Gasteiger partial charge in [-0.3, -0.25) is 0 Å². The van der Waals surface area contributed by atoms with Gasteiger partial charge in [0.2, 0.25) is 0 Å². The van der Waals surface area contributed by atoms with Crippen molar-refractivity contribution in [3.05, 3.63) is 70.3 Å². The molecule has 1 nitrogen and oxygen atoms in total. The van der Waals surface area contributed by atoms with Crippen molar-refractivity contribution in [2.45, 2.75) is 33.3 Å². The van der Waals surface area contributed by atoms with E-state index in [0.29, 0.717) is 0 Å². The van der Waals surface area contributed by atoms with Crippen molar-refractivity contribution in [2.75, 3.05) is 0 Å². The Kier molecular flexibility index (Phi) is 3.27. The van der Waals surface area contributed by atoms with Gasteiger partial charge in [-0.1, -0.05) is 53.6 Å². The van der Waals surface area contributed by atoms with E-state index in [1.54, 1.807) is 0 Å². The fourth-order valence-corrected chi connectivity index (χ4v) is 2.29. The molecule has 1 atom stereocenters. The quantitative estimate of drug-likeness (QED) is 0.845. The molecule has 2 rings (SSSR count). The van der Waals surface area contributed by atoms with Crippen LogP contribution < -0.4 is 0 Å². The van der Waals surface area contributed by atoms with E-state index in [2.05, 4.69) is 25.1 Å². The number of aliphatic hydroxyl groups is 1. The molecule has 94 valence electrons. The minimum absolute atomic E-state index is 0.932. The molecule has 0 fully saturated rings. The number of hydrogen-bond donors (Lipinski definition) is 1. The van der Waals surface area contributed by atoms with Crippen LogP contribution in [-0.4, -0.2) is 5.11 Å². The molecule has 0 spiro atoms. The van der Waals surface area contributed by atoms with E-state index in [1.807, 2.05) is 45.0 Å². The molecule has 0 aliphatic carbocycles. The SMILES string of the molecule is Cc1ccc(C(C)(O)c2cc(C)ccc2C)cc1. The van der Waals surface area contributed by atoms with E-state index in [-0.39, 0.29) is 0 Å². The zero-order chi connectivity index (χ0) is 13.3. The number of benzene rings is 2. The lowest BCUT2D eigenvalue weighted by Crippen LogP contribution is -2.24. The van der Waals surface area contributed by atoms with Gasteiger partial charge in [0, 0.05) is 0 Å².